The summed E-state index contributed by atoms with van der Waals surface area (Å²) in [5.74, 6) is -1.68. The Labute approximate surface area is 125 Å². The minimum atomic E-state index is -3.00. The maximum Gasteiger partial charge on any atom is 0.387 e. The fourth-order valence-corrected chi connectivity index (χ4v) is 2.52. The zero-order valence-electron chi connectivity index (χ0n) is 12.1. The topological polar surface area (TPSA) is 64.6 Å². The first-order valence-corrected chi connectivity index (χ1v) is 6.56. The van der Waals surface area contributed by atoms with E-state index < -0.39 is 18.5 Å². The van der Waals surface area contributed by atoms with Crippen molar-refractivity contribution in [1.82, 2.24) is 5.32 Å². The van der Waals surface area contributed by atoms with Crippen LogP contribution in [0, 0.1) is 0 Å². The maximum atomic E-state index is 12.5. The van der Waals surface area contributed by atoms with Crippen LogP contribution in [0.4, 0.5) is 8.78 Å². The summed E-state index contributed by atoms with van der Waals surface area (Å²) in [6.07, 6.45) is -0.0502. The van der Waals surface area contributed by atoms with Crippen molar-refractivity contribution in [2.45, 2.75) is 25.9 Å². The third-order valence-electron chi connectivity index (χ3n) is 3.38. The Bertz CT molecular complexity index is 628. The molecule has 1 aromatic rings. The number of hydrogen-bond donors (Lipinski definition) is 1. The molecule has 0 fully saturated rings. The van der Waals surface area contributed by atoms with E-state index in [-0.39, 0.29) is 23.7 Å². The van der Waals surface area contributed by atoms with Gasteiger partial charge in [-0.15, -0.1) is 0 Å². The number of carbonyl (C=O) groups excluding carboxylic acids is 2. The van der Waals surface area contributed by atoms with Gasteiger partial charge in [-0.1, -0.05) is 18.2 Å². The Kier molecular flexibility index (Phi) is 4.75. The standard InChI is InChI=1S/C15H15F2NO4/c1-8-13(14(20)21-2)10(7-12(19)18-8)9-5-3-4-6-11(9)22-15(16)17/h3-6,10,15H,7H2,1-2H3,(H,18,19). The summed E-state index contributed by atoms with van der Waals surface area (Å²) < 4.78 is 34.3. The van der Waals surface area contributed by atoms with E-state index in [1.165, 1.54) is 13.2 Å². The zero-order valence-corrected chi connectivity index (χ0v) is 12.1. The SMILES string of the molecule is COC(=O)C1=C(C)NC(=O)CC1c1ccccc1OC(F)F. The number of methoxy groups -OCH3 is 1. The molecule has 5 nitrogen and oxygen atoms in total. The lowest BCUT2D eigenvalue weighted by molar-refractivity contribution is -0.136. The van der Waals surface area contributed by atoms with Crippen molar-refractivity contribution in [2.75, 3.05) is 7.11 Å². The van der Waals surface area contributed by atoms with E-state index in [0.29, 0.717) is 11.3 Å². The molecule has 2 rings (SSSR count). The van der Waals surface area contributed by atoms with Crippen molar-refractivity contribution >= 4 is 11.9 Å². The number of rotatable bonds is 4. The van der Waals surface area contributed by atoms with Crippen molar-refractivity contribution in [1.29, 1.82) is 0 Å². The first-order chi connectivity index (χ1) is 10.4. The fourth-order valence-electron chi connectivity index (χ4n) is 2.52. The molecule has 0 radical (unpaired) electrons. The largest absolute Gasteiger partial charge is 0.466 e. The van der Waals surface area contributed by atoms with Gasteiger partial charge in [0.2, 0.25) is 5.91 Å². The number of halogens is 2. The van der Waals surface area contributed by atoms with Crippen LogP contribution in [-0.4, -0.2) is 25.6 Å². The molecule has 0 aliphatic carbocycles. The average molecular weight is 311 g/mol. The highest BCUT2D eigenvalue weighted by atomic mass is 19.3. The predicted molar refractivity (Wildman–Crippen MR) is 73.3 cm³/mol. The lowest BCUT2D eigenvalue weighted by atomic mass is 9.84. The van der Waals surface area contributed by atoms with Gasteiger partial charge in [0.25, 0.3) is 0 Å². The van der Waals surface area contributed by atoms with Crippen molar-refractivity contribution in [2.24, 2.45) is 0 Å². The molecule has 1 unspecified atom stereocenters. The van der Waals surface area contributed by atoms with E-state index >= 15 is 0 Å². The lowest BCUT2D eigenvalue weighted by Gasteiger charge is -2.27. The first kappa shape index (κ1) is 15.9. The van der Waals surface area contributed by atoms with Crippen LogP contribution in [0.25, 0.3) is 0 Å². The van der Waals surface area contributed by atoms with Gasteiger partial charge in [-0.25, -0.2) is 4.79 Å². The Balaban J connectivity index is 2.51. The van der Waals surface area contributed by atoms with Crippen molar-refractivity contribution in [3.05, 3.63) is 41.1 Å². The van der Waals surface area contributed by atoms with E-state index in [1.807, 2.05) is 0 Å². The van der Waals surface area contributed by atoms with E-state index in [2.05, 4.69) is 10.1 Å². The first-order valence-electron chi connectivity index (χ1n) is 6.56. The molecule has 0 saturated heterocycles. The van der Waals surface area contributed by atoms with Crippen LogP contribution >= 0.6 is 0 Å². The number of ether oxygens (including phenoxy) is 2. The molecule has 7 heteroatoms. The average Bonchev–Trinajstić information content (AvgIpc) is 2.45. The second-order valence-corrected chi connectivity index (χ2v) is 4.75. The summed E-state index contributed by atoms with van der Waals surface area (Å²) in [6, 6.07) is 6.10. The number of alkyl halides is 2. The smallest absolute Gasteiger partial charge is 0.387 e. The molecule has 1 atom stereocenters. The van der Waals surface area contributed by atoms with Crippen molar-refractivity contribution < 1.29 is 27.8 Å². The van der Waals surface area contributed by atoms with E-state index in [0.717, 1.165) is 0 Å². The summed E-state index contributed by atoms with van der Waals surface area (Å²) >= 11 is 0. The van der Waals surface area contributed by atoms with Crippen LogP contribution in [0.3, 0.4) is 0 Å². The number of amides is 1. The molecule has 0 spiro atoms. The van der Waals surface area contributed by atoms with E-state index in [1.54, 1.807) is 25.1 Å². The molecule has 1 amide bonds. The number of allylic oxidation sites excluding steroid dienone is 1. The minimum Gasteiger partial charge on any atom is -0.466 e. The van der Waals surface area contributed by atoms with Crippen molar-refractivity contribution in [3.63, 3.8) is 0 Å². The second kappa shape index (κ2) is 6.55. The zero-order chi connectivity index (χ0) is 16.3. The normalized spacial score (nSPS) is 18.2. The van der Waals surface area contributed by atoms with Gasteiger partial charge in [-0.05, 0) is 13.0 Å². The highest BCUT2D eigenvalue weighted by Crippen LogP contribution is 2.38. The van der Waals surface area contributed by atoms with Gasteiger partial charge in [-0.2, -0.15) is 8.78 Å². The molecule has 0 bridgehead atoms. The van der Waals surface area contributed by atoms with Gasteiger partial charge >= 0.3 is 12.6 Å². The second-order valence-electron chi connectivity index (χ2n) is 4.75. The Morgan fingerprint density at radius 1 is 1.36 bits per heavy atom. The summed E-state index contributed by atoms with van der Waals surface area (Å²) in [4.78, 5) is 23.7. The monoisotopic (exact) mass is 311 g/mol. The molecule has 1 heterocycles. The number of hydrogen-bond acceptors (Lipinski definition) is 4. The fraction of sp³-hybridized carbons (Fsp3) is 0.333. The minimum absolute atomic E-state index is 0.0502. The number of nitrogens with one attached hydrogen (secondary N) is 1. The van der Waals surface area contributed by atoms with E-state index in [4.69, 9.17) is 4.74 Å². The van der Waals surface area contributed by atoms with Gasteiger partial charge in [0.1, 0.15) is 5.75 Å². The molecule has 1 N–H and O–H groups in total. The van der Waals surface area contributed by atoms with Crippen LogP contribution in [0.5, 0.6) is 5.75 Å². The Morgan fingerprint density at radius 2 is 2.05 bits per heavy atom. The van der Waals surface area contributed by atoms with Gasteiger partial charge in [0, 0.05) is 23.6 Å². The van der Waals surface area contributed by atoms with E-state index in [9.17, 15) is 18.4 Å². The number of esters is 1. The molecule has 0 aromatic heterocycles. The van der Waals surface area contributed by atoms with Crippen LogP contribution in [0.15, 0.2) is 35.5 Å². The molecule has 0 saturated carbocycles. The van der Waals surface area contributed by atoms with Crippen LogP contribution in [0.1, 0.15) is 24.8 Å². The van der Waals surface area contributed by atoms with Crippen LogP contribution in [0.2, 0.25) is 0 Å². The quantitative estimate of drug-likeness (QED) is 0.867. The Morgan fingerprint density at radius 3 is 2.68 bits per heavy atom. The molecular formula is C15H15F2NO4. The van der Waals surface area contributed by atoms with Gasteiger partial charge in [0.15, 0.2) is 0 Å². The third kappa shape index (κ3) is 3.24. The molecular weight excluding hydrogens is 296 g/mol. The summed E-state index contributed by atoms with van der Waals surface area (Å²) in [7, 11) is 1.22. The van der Waals surface area contributed by atoms with Crippen LogP contribution in [-0.2, 0) is 14.3 Å². The third-order valence-corrected chi connectivity index (χ3v) is 3.38. The predicted octanol–water partition coefficient (Wildman–Crippen LogP) is 2.34. The van der Waals surface area contributed by atoms with Gasteiger partial charge in [-0.3, -0.25) is 4.79 Å². The summed E-state index contributed by atoms with van der Waals surface area (Å²) in [5, 5.41) is 2.56. The molecule has 118 valence electrons. The van der Waals surface area contributed by atoms with Gasteiger partial charge in [0.05, 0.1) is 12.7 Å². The number of para-hydroxylation sites is 1. The highest BCUT2D eigenvalue weighted by molar-refractivity contribution is 5.95. The summed E-state index contributed by atoms with van der Waals surface area (Å²) in [6.45, 7) is -1.43. The van der Waals surface area contributed by atoms with Crippen LogP contribution < -0.4 is 10.1 Å². The molecule has 1 aliphatic heterocycles. The highest BCUT2D eigenvalue weighted by Gasteiger charge is 2.34. The molecule has 1 aromatic carbocycles. The number of benzene rings is 1. The van der Waals surface area contributed by atoms with Gasteiger partial charge < -0.3 is 14.8 Å². The maximum absolute atomic E-state index is 12.5. The lowest BCUT2D eigenvalue weighted by Crippen LogP contribution is -2.34. The van der Waals surface area contributed by atoms with Crippen molar-refractivity contribution in [3.8, 4) is 5.75 Å². The molecule has 1 aliphatic rings. The summed E-state index contributed by atoms with van der Waals surface area (Å²) in [5.41, 5.74) is 0.921. The molecule has 22 heavy (non-hydrogen) atoms. The number of carbonyl (C=O) groups is 2. The Hall–Kier alpha value is -2.44.